The highest BCUT2D eigenvalue weighted by molar-refractivity contribution is 9.10. The van der Waals surface area contributed by atoms with E-state index >= 15 is 0 Å². The lowest BCUT2D eigenvalue weighted by molar-refractivity contribution is 0.00578. The first-order chi connectivity index (χ1) is 15.5. The molecular formula is C24H27BBrNO6. The topological polar surface area (TPSA) is 94.1 Å². The lowest BCUT2D eigenvalue weighted by Gasteiger charge is -2.32. The van der Waals surface area contributed by atoms with Crippen molar-refractivity contribution < 1.29 is 28.7 Å². The molecule has 0 saturated carbocycles. The molecule has 7 nitrogen and oxygen atoms in total. The molecule has 0 aromatic heterocycles. The Kier molecular flexibility index (Phi) is 7.67. The molecule has 1 aliphatic heterocycles. The van der Waals surface area contributed by atoms with Crippen LogP contribution in [-0.4, -0.2) is 42.0 Å². The molecule has 1 amide bonds. The Morgan fingerprint density at radius 2 is 1.73 bits per heavy atom. The average Bonchev–Trinajstić information content (AvgIpc) is 2.98. The molecule has 0 unspecified atom stereocenters. The van der Waals surface area contributed by atoms with Gasteiger partial charge in [-0.05, 0) is 72.4 Å². The summed E-state index contributed by atoms with van der Waals surface area (Å²) in [6.07, 6.45) is 1.18. The molecule has 0 atom stereocenters. The quantitative estimate of drug-likeness (QED) is 0.499. The predicted octanol–water partition coefficient (Wildman–Crippen LogP) is 5.09. The summed E-state index contributed by atoms with van der Waals surface area (Å²) in [6, 6.07) is 14.4. The van der Waals surface area contributed by atoms with Gasteiger partial charge in [-0.2, -0.15) is 0 Å². The highest BCUT2D eigenvalue weighted by atomic mass is 79.9. The molecular weight excluding hydrogens is 489 g/mol. The van der Waals surface area contributed by atoms with Gasteiger partial charge in [-0.15, -0.1) is 0 Å². The summed E-state index contributed by atoms with van der Waals surface area (Å²) in [7, 11) is -0.721. The highest BCUT2D eigenvalue weighted by Gasteiger charge is 2.52. The molecule has 174 valence electrons. The second-order valence-electron chi connectivity index (χ2n) is 8.77. The van der Waals surface area contributed by atoms with Gasteiger partial charge in [0.25, 0.3) is 0 Å². The van der Waals surface area contributed by atoms with E-state index < -0.39 is 30.4 Å². The second-order valence-corrected chi connectivity index (χ2v) is 9.62. The van der Waals surface area contributed by atoms with Crippen LogP contribution in [0.4, 0.5) is 4.79 Å². The molecule has 33 heavy (non-hydrogen) atoms. The van der Waals surface area contributed by atoms with E-state index in [0.717, 1.165) is 5.56 Å². The summed E-state index contributed by atoms with van der Waals surface area (Å²) in [5, 5.41) is 12.2. The normalized spacial score (nSPS) is 17.0. The first-order valence-corrected chi connectivity index (χ1v) is 11.3. The van der Waals surface area contributed by atoms with Gasteiger partial charge in [-0.3, -0.25) is 0 Å². The Bertz CT molecular complexity index is 1040. The molecule has 0 aliphatic carbocycles. The Labute approximate surface area is 202 Å². The molecule has 1 saturated heterocycles. The summed E-state index contributed by atoms with van der Waals surface area (Å²) in [5.41, 5.74) is 1.13. The molecule has 2 aromatic carbocycles. The second kappa shape index (κ2) is 10.1. The SMILES string of the molecule is CC1(C)OB(C(=Cc2ccc(Br)c(C(=O)O)c2)CNC(=O)OCc2ccccc2)OC1(C)C. The molecule has 2 aromatic rings. The summed E-state index contributed by atoms with van der Waals surface area (Å²) >= 11 is 3.26. The molecule has 0 spiro atoms. The highest BCUT2D eigenvalue weighted by Crippen LogP contribution is 2.38. The minimum Gasteiger partial charge on any atom is -0.478 e. The van der Waals surface area contributed by atoms with E-state index in [1.165, 1.54) is 0 Å². The minimum absolute atomic E-state index is 0.100. The zero-order valence-corrected chi connectivity index (χ0v) is 20.6. The van der Waals surface area contributed by atoms with E-state index in [-0.39, 0.29) is 18.7 Å². The van der Waals surface area contributed by atoms with Gasteiger partial charge in [0.05, 0.1) is 16.8 Å². The number of hydrogen-bond donors (Lipinski definition) is 2. The molecule has 3 rings (SSSR count). The molecule has 1 aliphatic rings. The van der Waals surface area contributed by atoms with Gasteiger partial charge in [0.1, 0.15) is 6.61 Å². The number of benzene rings is 2. The van der Waals surface area contributed by atoms with E-state index in [2.05, 4.69) is 21.2 Å². The zero-order chi connectivity index (χ0) is 24.2. The van der Waals surface area contributed by atoms with Gasteiger partial charge >= 0.3 is 19.2 Å². The summed E-state index contributed by atoms with van der Waals surface area (Å²) < 4.78 is 18.1. The third-order valence-corrected chi connectivity index (χ3v) is 6.47. The van der Waals surface area contributed by atoms with Crippen LogP contribution in [0.1, 0.15) is 49.2 Å². The van der Waals surface area contributed by atoms with Crippen LogP contribution in [0, 0.1) is 0 Å². The van der Waals surface area contributed by atoms with E-state index in [9.17, 15) is 14.7 Å². The number of carbonyl (C=O) groups excluding carboxylic acids is 1. The fourth-order valence-electron chi connectivity index (χ4n) is 3.16. The van der Waals surface area contributed by atoms with Crippen LogP contribution in [-0.2, 0) is 20.7 Å². The molecule has 9 heteroatoms. The van der Waals surface area contributed by atoms with Crippen LogP contribution in [0.3, 0.4) is 0 Å². The first kappa shape index (κ1) is 25.0. The van der Waals surface area contributed by atoms with Crippen LogP contribution in [0.15, 0.2) is 58.5 Å². The Morgan fingerprint density at radius 1 is 1.09 bits per heavy atom. The van der Waals surface area contributed by atoms with Crippen LogP contribution in [0.5, 0.6) is 0 Å². The van der Waals surface area contributed by atoms with Crippen molar-refractivity contribution in [2.24, 2.45) is 0 Å². The molecule has 0 bridgehead atoms. The van der Waals surface area contributed by atoms with Gasteiger partial charge in [-0.1, -0.05) is 42.5 Å². The van der Waals surface area contributed by atoms with Crippen molar-refractivity contribution in [3.63, 3.8) is 0 Å². The van der Waals surface area contributed by atoms with Crippen LogP contribution in [0.25, 0.3) is 6.08 Å². The smallest absolute Gasteiger partial charge is 0.478 e. The number of amides is 1. The molecule has 2 N–H and O–H groups in total. The van der Waals surface area contributed by atoms with Crippen molar-refractivity contribution in [1.29, 1.82) is 0 Å². The number of carboxylic acid groups (broad SMARTS) is 1. The van der Waals surface area contributed by atoms with E-state index in [0.29, 0.717) is 15.5 Å². The number of aromatic carboxylic acids is 1. The maximum absolute atomic E-state index is 12.3. The molecule has 1 fully saturated rings. The van der Waals surface area contributed by atoms with E-state index in [4.69, 9.17) is 14.0 Å². The number of carboxylic acids is 1. The third-order valence-electron chi connectivity index (χ3n) is 5.78. The average molecular weight is 516 g/mol. The number of alkyl carbamates (subject to hydrolysis) is 1. The van der Waals surface area contributed by atoms with Crippen LogP contribution >= 0.6 is 15.9 Å². The molecule has 1 heterocycles. The van der Waals surface area contributed by atoms with Crippen molar-refractivity contribution in [1.82, 2.24) is 5.32 Å². The summed E-state index contributed by atoms with van der Waals surface area (Å²) in [6.45, 7) is 8.01. The number of halogens is 1. The van der Waals surface area contributed by atoms with E-state index in [1.807, 2.05) is 58.0 Å². The maximum atomic E-state index is 12.3. The maximum Gasteiger partial charge on any atom is 0.492 e. The monoisotopic (exact) mass is 515 g/mol. The van der Waals surface area contributed by atoms with Crippen molar-refractivity contribution in [3.05, 3.63) is 75.2 Å². The van der Waals surface area contributed by atoms with Crippen LogP contribution < -0.4 is 5.32 Å². The number of rotatable bonds is 7. The fourth-order valence-corrected chi connectivity index (χ4v) is 3.57. The predicted molar refractivity (Wildman–Crippen MR) is 130 cm³/mol. The summed E-state index contributed by atoms with van der Waals surface area (Å²) in [5.74, 6) is -1.04. The zero-order valence-electron chi connectivity index (χ0n) is 19.1. The number of hydrogen-bond acceptors (Lipinski definition) is 5. The number of ether oxygens (including phenoxy) is 1. The largest absolute Gasteiger partial charge is 0.492 e. The van der Waals surface area contributed by atoms with Gasteiger partial charge in [0, 0.05) is 11.0 Å². The standard InChI is InChI=1S/C24H27BBrNO6/c1-23(2)24(3,4)33-25(32-23)18(12-17-10-11-20(26)19(13-17)21(28)29)14-27-22(30)31-15-16-8-6-5-7-9-16/h5-13H,14-15H2,1-4H3,(H,27,30)(H,28,29). The van der Waals surface area contributed by atoms with Gasteiger partial charge in [-0.25, -0.2) is 9.59 Å². The van der Waals surface area contributed by atoms with Crippen molar-refractivity contribution in [2.75, 3.05) is 6.54 Å². The minimum atomic E-state index is -1.04. The Balaban J connectivity index is 1.79. The number of nitrogens with one attached hydrogen (secondary N) is 1. The molecule has 0 radical (unpaired) electrons. The van der Waals surface area contributed by atoms with Crippen molar-refractivity contribution in [2.45, 2.75) is 45.5 Å². The third kappa shape index (κ3) is 6.25. The summed E-state index contributed by atoms with van der Waals surface area (Å²) in [4.78, 5) is 23.8. The van der Waals surface area contributed by atoms with Gasteiger partial charge < -0.3 is 24.5 Å². The van der Waals surface area contributed by atoms with Crippen molar-refractivity contribution >= 4 is 41.2 Å². The first-order valence-electron chi connectivity index (χ1n) is 10.5. The Hall–Kier alpha value is -2.62. The lowest BCUT2D eigenvalue weighted by atomic mass is 9.77. The lowest BCUT2D eigenvalue weighted by Crippen LogP contribution is -2.41. The van der Waals surface area contributed by atoms with E-state index in [1.54, 1.807) is 24.3 Å². The van der Waals surface area contributed by atoms with Crippen LogP contribution in [0.2, 0.25) is 0 Å². The van der Waals surface area contributed by atoms with Gasteiger partial charge in [0.2, 0.25) is 0 Å². The van der Waals surface area contributed by atoms with Gasteiger partial charge in [0.15, 0.2) is 0 Å². The Morgan fingerprint density at radius 3 is 2.33 bits per heavy atom. The number of carbonyl (C=O) groups is 2. The fraction of sp³-hybridized carbons (Fsp3) is 0.333. The van der Waals surface area contributed by atoms with Crippen molar-refractivity contribution in [3.8, 4) is 0 Å².